The van der Waals surface area contributed by atoms with Crippen LogP contribution in [0.4, 0.5) is 0 Å². The molecule has 0 aromatic carbocycles. The molecule has 0 heterocycles. The Morgan fingerprint density at radius 1 is 0.370 bits per heavy atom. The third-order valence-corrected chi connectivity index (χ3v) is 11.2. The molecule has 0 saturated heterocycles. The highest BCUT2D eigenvalue weighted by molar-refractivity contribution is 5.71. The standard InChI is InChI=1S/C48H92O6/c1-5-8-10-12-14-16-18-20-22-24-26-31-35-39-46(49)52-42-45(43-53-47(50)40-36-32-29-28-30-34-38-44(4)7-3)54-48(51)41-37-33-27-25-23-21-19-17-15-13-11-9-6-2/h44-45H,5-43H2,1-4H3/t44?,45-/m1/s1. The van der Waals surface area contributed by atoms with E-state index in [-0.39, 0.29) is 31.1 Å². The molecule has 0 rings (SSSR count). The van der Waals surface area contributed by atoms with Crippen LogP contribution >= 0.6 is 0 Å². The average Bonchev–Trinajstić information content (AvgIpc) is 3.17. The highest BCUT2D eigenvalue weighted by Crippen LogP contribution is 2.17. The molecule has 0 fully saturated rings. The van der Waals surface area contributed by atoms with Gasteiger partial charge in [-0.25, -0.2) is 0 Å². The lowest BCUT2D eigenvalue weighted by Crippen LogP contribution is -2.30. The van der Waals surface area contributed by atoms with E-state index in [9.17, 15) is 14.4 Å². The molecule has 0 aliphatic rings. The van der Waals surface area contributed by atoms with E-state index in [1.165, 1.54) is 161 Å². The molecular formula is C48H92O6. The number of rotatable bonds is 43. The monoisotopic (exact) mass is 765 g/mol. The number of hydrogen-bond acceptors (Lipinski definition) is 6. The molecule has 1 unspecified atom stereocenters. The minimum absolute atomic E-state index is 0.0639. The van der Waals surface area contributed by atoms with Crippen LogP contribution in [0.3, 0.4) is 0 Å². The maximum absolute atomic E-state index is 12.7. The molecule has 0 aromatic heterocycles. The van der Waals surface area contributed by atoms with Crippen LogP contribution in [0.25, 0.3) is 0 Å². The summed E-state index contributed by atoms with van der Waals surface area (Å²) in [6.45, 7) is 8.98. The van der Waals surface area contributed by atoms with Gasteiger partial charge >= 0.3 is 17.9 Å². The second kappa shape index (κ2) is 42.6. The van der Waals surface area contributed by atoms with E-state index in [1.807, 2.05) is 0 Å². The lowest BCUT2D eigenvalue weighted by Gasteiger charge is -2.18. The Kier molecular flexibility index (Phi) is 41.3. The number of ether oxygens (including phenoxy) is 3. The van der Waals surface area contributed by atoms with E-state index in [2.05, 4.69) is 27.7 Å². The van der Waals surface area contributed by atoms with Crippen molar-refractivity contribution in [1.29, 1.82) is 0 Å². The van der Waals surface area contributed by atoms with Crippen molar-refractivity contribution < 1.29 is 28.6 Å². The molecule has 54 heavy (non-hydrogen) atoms. The fourth-order valence-electron chi connectivity index (χ4n) is 7.12. The van der Waals surface area contributed by atoms with Crippen molar-refractivity contribution in [3.63, 3.8) is 0 Å². The zero-order chi connectivity index (χ0) is 39.6. The summed E-state index contributed by atoms with van der Waals surface area (Å²) in [6.07, 6.45) is 42.2. The molecule has 0 aliphatic heterocycles. The van der Waals surface area contributed by atoms with Crippen molar-refractivity contribution in [3.05, 3.63) is 0 Å². The van der Waals surface area contributed by atoms with Crippen LogP contribution in [0, 0.1) is 5.92 Å². The van der Waals surface area contributed by atoms with Crippen molar-refractivity contribution in [2.45, 2.75) is 271 Å². The first-order valence-corrected chi connectivity index (χ1v) is 23.9. The summed E-state index contributed by atoms with van der Waals surface area (Å²) in [5, 5.41) is 0. The molecule has 6 nitrogen and oxygen atoms in total. The largest absolute Gasteiger partial charge is 0.462 e. The zero-order valence-corrected chi connectivity index (χ0v) is 36.7. The number of carbonyl (C=O) groups is 3. The number of unbranched alkanes of at least 4 members (excludes halogenated alkanes) is 29. The normalized spacial score (nSPS) is 12.4. The Bertz CT molecular complexity index is 813. The Hall–Kier alpha value is -1.59. The zero-order valence-electron chi connectivity index (χ0n) is 36.7. The van der Waals surface area contributed by atoms with Gasteiger partial charge in [0.05, 0.1) is 0 Å². The first-order valence-electron chi connectivity index (χ1n) is 23.9. The minimum Gasteiger partial charge on any atom is -0.462 e. The highest BCUT2D eigenvalue weighted by atomic mass is 16.6. The van der Waals surface area contributed by atoms with Gasteiger partial charge in [0, 0.05) is 19.3 Å². The molecular weight excluding hydrogens is 673 g/mol. The van der Waals surface area contributed by atoms with Crippen LogP contribution in [-0.2, 0) is 28.6 Å². The molecule has 0 aliphatic carbocycles. The van der Waals surface area contributed by atoms with E-state index in [4.69, 9.17) is 14.2 Å². The van der Waals surface area contributed by atoms with Crippen molar-refractivity contribution >= 4 is 17.9 Å². The van der Waals surface area contributed by atoms with Gasteiger partial charge in [-0.05, 0) is 25.2 Å². The number of carbonyl (C=O) groups excluding carboxylic acids is 3. The van der Waals surface area contributed by atoms with Crippen LogP contribution in [-0.4, -0.2) is 37.2 Å². The summed E-state index contributed by atoms with van der Waals surface area (Å²) in [5.74, 6) is -0.0385. The van der Waals surface area contributed by atoms with Gasteiger partial charge in [-0.15, -0.1) is 0 Å². The van der Waals surface area contributed by atoms with Crippen molar-refractivity contribution in [2.24, 2.45) is 5.92 Å². The lowest BCUT2D eigenvalue weighted by atomic mass is 10.00. The molecule has 0 aromatic rings. The highest BCUT2D eigenvalue weighted by Gasteiger charge is 2.19. The van der Waals surface area contributed by atoms with Crippen molar-refractivity contribution in [2.75, 3.05) is 13.2 Å². The second-order valence-corrected chi connectivity index (χ2v) is 16.6. The predicted molar refractivity (Wildman–Crippen MR) is 229 cm³/mol. The summed E-state index contributed by atoms with van der Waals surface area (Å²) >= 11 is 0. The van der Waals surface area contributed by atoms with Gasteiger partial charge < -0.3 is 14.2 Å². The fourth-order valence-corrected chi connectivity index (χ4v) is 7.12. The third-order valence-electron chi connectivity index (χ3n) is 11.2. The van der Waals surface area contributed by atoms with E-state index in [0.29, 0.717) is 19.3 Å². The molecule has 320 valence electrons. The van der Waals surface area contributed by atoms with Crippen molar-refractivity contribution in [1.82, 2.24) is 0 Å². The quantitative estimate of drug-likeness (QED) is 0.0349. The van der Waals surface area contributed by atoms with Crippen LogP contribution in [0.5, 0.6) is 0 Å². The average molecular weight is 765 g/mol. The lowest BCUT2D eigenvalue weighted by molar-refractivity contribution is -0.167. The smallest absolute Gasteiger partial charge is 0.306 e. The van der Waals surface area contributed by atoms with Gasteiger partial charge in [-0.1, -0.05) is 227 Å². The van der Waals surface area contributed by atoms with Crippen LogP contribution < -0.4 is 0 Å². The van der Waals surface area contributed by atoms with Crippen LogP contribution in [0.15, 0.2) is 0 Å². The number of hydrogen-bond donors (Lipinski definition) is 0. The molecule has 0 N–H and O–H groups in total. The van der Waals surface area contributed by atoms with Gasteiger partial charge in [-0.3, -0.25) is 14.4 Å². The maximum Gasteiger partial charge on any atom is 0.306 e. The second-order valence-electron chi connectivity index (χ2n) is 16.6. The topological polar surface area (TPSA) is 78.9 Å². The first-order chi connectivity index (χ1) is 26.4. The SMILES string of the molecule is CCCCCCCCCCCCCCCC(=O)OC[C@H](COC(=O)CCCCCCCCC(C)CC)OC(=O)CCCCCCCCCCCCCCC. The molecule has 2 atom stereocenters. The Balaban J connectivity index is 4.33. The van der Waals surface area contributed by atoms with Crippen LogP contribution in [0.2, 0.25) is 0 Å². The van der Waals surface area contributed by atoms with Gasteiger partial charge in [0.25, 0.3) is 0 Å². The summed E-state index contributed by atoms with van der Waals surface area (Å²) in [6, 6.07) is 0. The molecule has 0 amide bonds. The number of esters is 3. The maximum atomic E-state index is 12.7. The summed E-state index contributed by atoms with van der Waals surface area (Å²) < 4.78 is 16.7. The Labute approximate surface area is 336 Å². The Morgan fingerprint density at radius 3 is 0.963 bits per heavy atom. The van der Waals surface area contributed by atoms with Crippen molar-refractivity contribution in [3.8, 4) is 0 Å². The predicted octanol–water partition coefficient (Wildman–Crippen LogP) is 15.1. The summed E-state index contributed by atoms with van der Waals surface area (Å²) in [7, 11) is 0. The van der Waals surface area contributed by atoms with E-state index < -0.39 is 6.10 Å². The van der Waals surface area contributed by atoms with Gasteiger partial charge in [0.15, 0.2) is 6.10 Å². The molecule has 0 radical (unpaired) electrons. The van der Waals surface area contributed by atoms with Gasteiger partial charge in [0.1, 0.15) is 13.2 Å². The van der Waals surface area contributed by atoms with Crippen LogP contribution in [0.1, 0.15) is 265 Å². The molecule has 6 heteroatoms. The van der Waals surface area contributed by atoms with Gasteiger partial charge in [0.2, 0.25) is 0 Å². The van der Waals surface area contributed by atoms with E-state index >= 15 is 0 Å². The molecule has 0 bridgehead atoms. The Morgan fingerprint density at radius 2 is 0.648 bits per heavy atom. The summed E-state index contributed by atoms with van der Waals surface area (Å²) in [4.78, 5) is 37.8. The first kappa shape index (κ1) is 52.4. The summed E-state index contributed by atoms with van der Waals surface area (Å²) in [5.41, 5.74) is 0. The van der Waals surface area contributed by atoms with Gasteiger partial charge in [-0.2, -0.15) is 0 Å². The third kappa shape index (κ3) is 40.1. The molecule has 0 saturated carbocycles. The fraction of sp³-hybridized carbons (Fsp3) is 0.938. The van der Waals surface area contributed by atoms with E-state index in [0.717, 1.165) is 63.7 Å². The molecule has 0 spiro atoms. The minimum atomic E-state index is -0.760. The van der Waals surface area contributed by atoms with E-state index in [1.54, 1.807) is 0 Å².